The molecule has 24 heavy (non-hydrogen) atoms. The Balaban J connectivity index is 3.10. The Labute approximate surface area is 138 Å². The van der Waals surface area contributed by atoms with Gasteiger partial charge in [-0.2, -0.15) is 4.31 Å². The molecule has 0 radical (unpaired) electrons. The van der Waals surface area contributed by atoms with Crippen LogP contribution in [0.25, 0.3) is 0 Å². The van der Waals surface area contributed by atoms with Crippen molar-refractivity contribution < 1.29 is 35.9 Å². The average molecular weight is 369 g/mol. The van der Waals surface area contributed by atoms with Crippen LogP contribution in [0.1, 0.15) is 20.3 Å². The minimum atomic E-state index is -4.93. The summed E-state index contributed by atoms with van der Waals surface area (Å²) in [6.45, 7) is 2.87. The lowest BCUT2D eigenvalue weighted by Gasteiger charge is -2.21. The van der Waals surface area contributed by atoms with E-state index in [-0.39, 0.29) is 13.2 Å². The average Bonchev–Trinajstić information content (AvgIpc) is 2.45. The third-order valence-electron chi connectivity index (χ3n) is 2.76. The lowest BCUT2D eigenvalue weighted by atomic mass is 10.3. The van der Waals surface area contributed by atoms with E-state index in [9.17, 15) is 26.4 Å². The third kappa shape index (κ3) is 6.00. The summed E-state index contributed by atoms with van der Waals surface area (Å²) in [7, 11) is -4.17. The molecule has 0 saturated heterocycles. The van der Waals surface area contributed by atoms with E-state index in [0.29, 0.717) is 6.42 Å². The molecular formula is C14H18F3NO5S. The van der Waals surface area contributed by atoms with Gasteiger partial charge in [0.2, 0.25) is 10.0 Å². The quantitative estimate of drug-likeness (QED) is 0.659. The van der Waals surface area contributed by atoms with E-state index in [0.717, 1.165) is 28.6 Å². The number of halogens is 3. The van der Waals surface area contributed by atoms with Gasteiger partial charge < -0.3 is 9.47 Å². The molecule has 0 aliphatic heterocycles. The first kappa shape index (κ1) is 20.2. The topological polar surface area (TPSA) is 72.9 Å². The Kier molecular flexibility index (Phi) is 7.03. The van der Waals surface area contributed by atoms with Gasteiger partial charge in [-0.3, -0.25) is 4.79 Å². The number of ether oxygens (including phenoxy) is 2. The minimum absolute atomic E-state index is 0.0193. The smallest absolute Gasteiger partial charge is 0.465 e. The van der Waals surface area contributed by atoms with Crippen LogP contribution >= 0.6 is 0 Å². The highest BCUT2D eigenvalue weighted by Gasteiger charge is 2.32. The van der Waals surface area contributed by atoms with E-state index >= 15 is 0 Å². The Morgan fingerprint density at radius 1 is 1.25 bits per heavy atom. The Bertz CT molecular complexity index is 661. The van der Waals surface area contributed by atoms with Crippen LogP contribution < -0.4 is 4.74 Å². The number of carbonyl (C=O) groups excluding carboxylic acids is 1. The second kappa shape index (κ2) is 8.34. The maximum absolute atomic E-state index is 12.6. The van der Waals surface area contributed by atoms with E-state index < -0.39 is 39.5 Å². The maximum Gasteiger partial charge on any atom is 0.573 e. The predicted octanol–water partition coefficient (Wildman–Crippen LogP) is 2.55. The van der Waals surface area contributed by atoms with E-state index in [1.165, 1.54) is 0 Å². The van der Waals surface area contributed by atoms with Gasteiger partial charge in [0.15, 0.2) is 0 Å². The van der Waals surface area contributed by atoms with Crippen molar-refractivity contribution in [2.75, 3.05) is 19.7 Å². The van der Waals surface area contributed by atoms with Gasteiger partial charge >= 0.3 is 12.3 Å². The molecular weight excluding hydrogens is 351 g/mol. The van der Waals surface area contributed by atoms with Gasteiger partial charge in [-0.05, 0) is 25.5 Å². The molecule has 0 saturated carbocycles. The van der Waals surface area contributed by atoms with Crippen LogP contribution in [-0.2, 0) is 19.6 Å². The summed E-state index contributed by atoms with van der Waals surface area (Å²) in [4.78, 5) is 11.2. The molecule has 136 valence electrons. The largest absolute Gasteiger partial charge is 0.573 e. The number of benzene rings is 1. The Morgan fingerprint density at radius 3 is 2.46 bits per heavy atom. The zero-order valence-electron chi connectivity index (χ0n) is 13.2. The molecule has 6 nitrogen and oxygen atoms in total. The molecule has 0 bridgehead atoms. The zero-order valence-corrected chi connectivity index (χ0v) is 14.0. The van der Waals surface area contributed by atoms with Crippen LogP contribution in [-0.4, -0.2) is 44.8 Å². The summed E-state index contributed by atoms with van der Waals surface area (Å²) in [5.41, 5.74) is 0. The highest BCUT2D eigenvalue weighted by Crippen LogP contribution is 2.26. The molecule has 0 fully saturated rings. The zero-order chi connectivity index (χ0) is 18.4. The predicted molar refractivity (Wildman–Crippen MR) is 78.8 cm³/mol. The second-order valence-electron chi connectivity index (χ2n) is 4.67. The monoisotopic (exact) mass is 369 g/mol. The number of alkyl halides is 3. The van der Waals surface area contributed by atoms with Crippen LogP contribution in [0.3, 0.4) is 0 Å². The normalized spacial score (nSPS) is 12.2. The van der Waals surface area contributed by atoms with Crippen LogP contribution in [0, 0.1) is 0 Å². The molecule has 0 N–H and O–H groups in total. The van der Waals surface area contributed by atoms with Crippen molar-refractivity contribution in [3.63, 3.8) is 0 Å². The van der Waals surface area contributed by atoms with Gasteiger partial charge in [-0.1, -0.05) is 13.0 Å². The van der Waals surface area contributed by atoms with Crippen LogP contribution in [0.15, 0.2) is 29.2 Å². The summed E-state index contributed by atoms with van der Waals surface area (Å²) in [6.07, 6.45) is -4.52. The number of hydrogen-bond acceptors (Lipinski definition) is 5. The van der Waals surface area contributed by atoms with E-state index in [1.54, 1.807) is 13.8 Å². The number of hydrogen-bond donors (Lipinski definition) is 0. The number of esters is 1. The number of nitrogens with zero attached hydrogens (tertiary/aromatic N) is 1. The number of rotatable bonds is 8. The number of sulfonamides is 1. The molecule has 0 aliphatic rings. The van der Waals surface area contributed by atoms with Crippen molar-refractivity contribution in [1.82, 2.24) is 4.31 Å². The molecule has 1 aromatic carbocycles. The van der Waals surface area contributed by atoms with Gasteiger partial charge in [0.1, 0.15) is 12.3 Å². The van der Waals surface area contributed by atoms with Crippen molar-refractivity contribution in [3.05, 3.63) is 24.3 Å². The van der Waals surface area contributed by atoms with E-state index in [1.807, 2.05) is 0 Å². The molecule has 0 aliphatic carbocycles. The third-order valence-corrected chi connectivity index (χ3v) is 4.60. The van der Waals surface area contributed by atoms with Crippen molar-refractivity contribution >= 4 is 16.0 Å². The molecule has 10 heteroatoms. The van der Waals surface area contributed by atoms with Gasteiger partial charge in [0.25, 0.3) is 0 Å². The van der Waals surface area contributed by atoms with Crippen LogP contribution in [0.5, 0.6) is 5.75 Å². The summed E-state index contributed by atoms with van der Waals surface area (Å²) in [5, 5.41) is 0. The number of carbonyl (C=O) groups is 1. The minimum Gasteiger partial charge on any atom is -0.465 e. The lowest BCUT2D eigenvalue weighted by molar-refractivity contribution is -0.274. The first-order valence-electron chi connectivity index (χ1n) is 7.11. The summed E-state index contributed by atoms with van der Waals surface area (Å²) in [6, 6.07) is 4.01. The molecule has 0 unspecified atom stereocenters. The molecule has 1 aromatic rings. The first-order valence-corrected chi connectivity index (χ1v) is 8.55. The van der Waals surface area contributed by atoms with Gasteiger partial charge in [0, 0.05) is 12.6 Å². The van der Waals surface area contributed by atoms with Crippen molar-refractivity contribution in [1.29, 1.82) is 0 Å². The lowest BCUT2D eigenvalue weighted by Crippen LogP contribution is -2.37. The van der Waals surface area contributed by atoms with Gasteiger partial charge in [-0.25, -0.2) is 8.42 Å². The molecule has 0 aromatic heterocycles. The highest BCUT2D eigenvalue weighted by atomic mass is 32.2. The first-order chi connectivity index (χ1) is 11.1. The van der Waals surface area contributed by atoms with E-state index in [2.05, 4.69) is 4.74 Å². The highest BCUT2D eigenvalue weighted by molar-refractivity contribution is 7.89. The fourth-order valence-corrected chi connectivity index (χ4v) is 3.38. The maximum atomic E-state index is 12.6. The summed E-state index contributed by atoms with van der Waals surface area (Å²) < 4.78 is 71.2. The fourth-order valence-electron chi connectivity index (χ4n) is 1.87. The molecule has 1 rings (SSSR count). The fraction of sp³-hybridized carbons (Fsp3) is 0.500. The Morgan fingerprint density at radius 2 is 1.92 bits per heavy atom. The van der Waals surface area contributed by atoms with Crippen molar-refractivity contribution in [2.24, 2.45) is 0 Å². The van der Waals surface area contributed by atoms with Crippen LogP contribution in [0.4, 0.5) is 13.2 Å². The van der Waals surface area contributed by atoms with E-state index in [4.69, 9.17) is 4.74 Å². The SMILES string of the molecule is CCCN(CC(=O)OCC)S(=O)(=O)c1cccc(OC(F)(F)F)c1. The van der Waals surface area contributed by atoms with Gasteiger partial charge in [0.05, 0.1) is 11.5 Å². The van der Waals surface area contributed by atoms with Crippen molar-refractivity contribution in [2.45, 2.75) is 31.5 Å². The molecule has 0 heterocycles. The summed E-state index contributed by atoms with van der Waals surface area (Å²) >= 11 is 0. The standard InChI is InChI=1S/C14H18F3NO5S/c1-3-8-18(10-13(19)22-4-2)24(20,21)12-7-5-6-11(9-12)23-14(15,16)17/h5-7,9H,3-4,8,10H2,1-2H3. The molecule has 0 atom stereocenters. The van der Waals surface area contributed by atoms with Gasteiger partial charge in [-0.15, -0.1) is 13.2 Å². The Hall–Kier alpha value is -1.81. The molecule has 0 amide bonds. The summed E-state index contributed by atoms with van der Waals surface area (Å²) in [5.74, 6) is -1.40. The second-order valence-corrected chi connectivity index (χ2v) is 6.60. The molecule has 0 spiro atoms. The van der Waals surface area contributed by atoms with Crippen LogP contribution in [0.2, 0.25) is 0 Å². The van der Waals surface area contributed by atoms with Crippen molar-refractivity contribution in [3.8, 4) is 5.75 Å².